The number of carbonyl (C=O) groups excluding carboxylic acids is 1. The first-order chi connectivity index (χ1) is 11.5. The maximum Gasteiger partial charge on any atom is 0.310 e. The molecule has 2 fully saturated rings. The van der Waals surface area contributed by atoms with Gasteiger partial charge in [-0.05, 0) is 26.3 Å². The highest BCUT2D eigenvalue weighted by Crippen LogP contribution is 2.35. The number of likely N-dealkylation sites (tertiary alicyclic amines) is 1. The van der Waals surface area contributed by atoms with Crippen LogP contribution in [-0.4, -0.2) is 49.1 Å². The standard InChI is InChI=1S/C19H27NO4/c1-4-22-18(21)16-12-20(10-14-8-6-5-7-9-14)11-15(16)17-13-23-19(2,3)24-17/h5-9,15-17H,4,10-13H2,1-3H3/t15-,16-,17-/m1/s1. The van der Waals surface area contributed by atoms with E-state index in [4.69, 9.17) is 14.2 Å². The van der Waals surface area contributed by atoms with E-state index in [1.54, 1.807) is 0 Å². The average molecular weight is 333 g/mol. The van der Waals surface area contributed by atoms with E-state index < -0.39 is 5.79 Å². The predicted molar refractivity (Wildman–Crippen MR) is 90.2 cm³/mol. The zero-order valence-corrected chi connectivity index (χ0v) is 14.7. The molecular weight excluding hydrogens is 306 g/mol. The fourth-order valence-corrected chi connectivity index (χ4v) is 3.69. The molecule has 1 aromatic rings. The number of ether oxygens (including phenoxy) is 3. The van der Waals surface area contributed by atoms with Crippen LogP contribution in [0.1, 0.15) is 26.3 Å². The first kappa shape index (κ1) is 17.4. The van der Waals surface area contributed by atoms with Crippen LogP contribution >= 0.6 is 0 Å². The van der Waals surface area contributed by atoms with E-state index >= 15 is 0 Å². The molecule has 0 bridgehead atoms. The van der Waals surface area contributed by atoms with Crippen LogP contribution in [0.15, 0.2) is 30.3 Å². The van der Waals surface area contributed by atoms with E-state index in [0.717, 1.165) is 13.1 Å². The molecule has 0 aliphatic carbocycles. The minimum absolute atomic E-state index is 0.0600. The molecule has 2 heterocycles. The Hall–Kier alpha value is -1.43. The Bertz CT molecular complexity index is 560. The summed E-state index contributed by atoms with van der Waals surface area (Å²) in [6.07, 6.45) is -0.0600. The smallest absolute Gasteiger partial charge is 0.310 e. The van der Waals surface area contributed by atoms with Crippen LogP contribution in [0.3, 0.4) is 0 Å². The van der Waals surface area contributed by atoms with Gasteiger partial charge in [-0.3, -0.25) is 9.69 Å². The number of hydrogen-bond donors (Lipinski definition) is 0. The molecule has 3 rings (SSSR count). The number of hydrogen-bond acceptors (Lipinski definition) is 5. The molecular formula is C19H27NO4. The lowest BCUT2D eigenvalue weighted by Crippen LogP contribution is -2.35. The summed E-state index contributed by atoms with van der Waals surface area (Å²) in [7, 11) is 0. The van der Waals surface area contributed by atoms with Gasteiger partial charge in [-0.15, -0.1) is 0 Å². The van der Waals surface area contributed by atoms with E-state index in [-0.39, 0.29) is 23.9 Å². The van der Waals surface area contributed by atoms with Crippen LogP contribution in [0.2, 0.25) is 0 Å². The molecule has 0 saturated carbocycles. The summed E-state index contributed by atoms with van der Waals surface area (Å²) in [5, 5.41) is 0. The van der Waals surface area contributed by atoms with Crippen molar-refractivity contribution in [2.75, 3.05) is 26.3 Å². The molecule has 0 radical (unpaired) electrons. The number of carbonyl (C=O) groups is 1. The van der Waals surface area contributed by atoms with E-state index in [1.807, 2.05) is 39.0 Å². The second-order valence-corrected chi connectivity index (χ2v) is 7.07. The lowest BCUT2D eigenvalue weighted by Gasteiger charge is -2.24. The number of esters is 1. The summed E-state index contributed by atoms with van der Waals surface area (Å²) in [5.41, 5.74) is 1.25. The fourth-order valence-electron chi connectivity index (χ4n) is 3.69. The first-order valence-electron chi connectivity index (χ1n) is 8.73. The topological polar surface area (TPSA) is 48.0 Å². The lowest BCUT2D eigenvalue weighted by molar-refractivity contribution is -0.157. The second kappa shape index (κ2) is 7.21. The van der Waals surface area contributed by atoms with Crippen LogP contribution in [0.4, 0.5) is 0 Å². The minimum atomic E-state index is -0.573. The van der Waals surface area contributed by atoms with Gasteiger partial charge in [-0.1, -0.05) is 30.3 Å². The highest BCUT2D eigenvalue weighted by Gasteiger charge is 2.47. The SMILES string of the molecule is CCOC(=O)[C@@H]1CN(Cc2ccccc2)C[C@H]1[C@H]1COC(C)(C)O1. The third kappa shape index (κ3) is 3.97. The van der Waals surface area contributed by atoms with E-state index in [0.29, 0.717) is 19.8 Å². The van der Waals surface area contributed by atoms with Crippen molar-refractivity contribution in [2.45, 2.75) is 39.2 Å². The van der Waals surface area contributed by atoms with Gasteiger partial charge in [0.05, 0.1) is 25.2 Å². The predicted octanol–water partition coefficient (Wildman–Crippen LogP) is 2.45. The Morgan fingerprint density at radius 2 is 2.04 bits per heavy atom. The van der Waals surface area contributed by atoms with Crippen molar-refractivity contribution >= 4 is 5.97 Å². The van der Waals surface area contributed by atoms with Gasteiger partial charge in [-0.25, -0.2) is 0 Å². The Morgan fingerprint density at radius 1 is 1.29 bits per heavy atom. The van der Waals surface area contributed by atoms with Crippen LogP contribution in [-0.2, 0) is 25.5 Å². The van der Waals surface area contributed by atoms with Gasteiger partial charge in [0, 0.05) is 25.6 Å². The van der Waals surface area contributed by atoms with Gasteiger partial charge < -0.3 is 14.2 Å². The largest absolute Gasteiger partial charge is 0.466 e. The van der Waals surface area contributed by atoms with Crippen molar-refractivity contribution in [3.8, 4) is 0 Å². The van der Waals surface area contributed by atoms with Crippen molar-refractivity contribution < 1.29 is 19.0 Å². The monoisotopic (exact) mass is 333 g/mol. The van der Waals surface area contributed by atoms with Crippen LogP contribution in [0, 0.1) is 11.8 Å². The minimum Gasteiger partial charge on any atom is -0.466 e. The molecule has 2 aliphatic rings. The van der Waals surface area contributed by atoms with Gasteiger partial charge >= 0.3 is 5.97 Å². The van der Waals surface area contributed by atoms with Crippen LogP contribution in [0.5, 0.6) is 0 Å². The molecule has 5 heteroatoms. The van der Waals surface area contributed by atoms with Crippen molar-refractivity contribution in [2.24, 2.45) is 11.8 Å². The van der Waals surface area contributed by atoms with Gasteiger partial charge in [0.2, 0.25) is 0 Å². The fraction of sp³-hybridized carbons (Fsp3) is 0.632. The molecule has 0 N–H and O–H groups in total. The summed E-state index contributed by atoms with van der Waals surface area (Å²) >= 11 is 0. The Labute approximate surface area is 143 Å². The molecule has 0 amide bonds. The van der Waals surface area contributed by atoms with Crippen molar-refractivity contribution in [3.05, 3.63) is 35.9 Å². The molecule has 5 nitrogen and oxygen atoms in total. The maximum absolute atomic E-state index is 12.4. The Morgan fingerprint density at radius 3 is 2.67 bits per heavy atom. The third-order valence-corrected chi connectivity index (χ3v) is 4.79. The molecule has 0 aromatic heterocycles. The van der Waals surface area contributed by atoms with Gasteiger partial charge in [0.25, 0.3) is 0 Å². The zero-order chi connectivity index (χ0) is 17.2. The molecule has 2 saturated heterocycles. The van der Waals surface area contributed by atoms with Gasteiger partial charge in [0.1, 0.15) is 0 Å². The summed E-state index contributed by atoms with van der Waals surface area (Å²) in [5.74, 6) is -0.742. The van der Waals surface area contributed by atoms with Crippen LogP contribution < -0.4 is 0 Å². The lowest BCUT2D eigenvalue weighted by atomic mass is 9.91. The Kier molecular flexibility index (Phi) is 5.23. The molecule has 0 spiro atoms. The molecule has 132 valence electrons. The van der Waals surface area contributed by atoms with Crippen LogP contribution in [0.25, 0.3) is 0 Å². The highest BCUT2D eigenvalue weighted by atomic mass is 16.7. The quantitative estimate of drug-likeness (QED) is 0.775. The number of nitrogens with zero attached hydrogens (tertiary/aromatic N) is 1. The molecule has 24 heavy (non-hydrogen) atoms. The summed E-state index contributed by atoms with van der Waals surface area (Å²) < 4.78 is 17.1. The third-order valence-electron chi connectivity index (χ3n) is 4.79. The average Bonchev–Trinajstić information content (AvgIpc) is 3.12. The maximum atomic E-state index is 12.4. The molecule has 1 aromatic carbocycles. The zero-order valence-electron chi connectivity index (χ0n) is 14.7. The Balaban J connectivity index is 1.71. The van der Waals surface area contributed by atoms with E-state index in [9.17, 15) is 4.79 Å². The highest BCUT2D eigenvalue weighted by molar-refractivity contribution is 5.73. The normalized spacial score (nSPS) is 29.7. The molecule has 0 unspecified atom stereocenters. The summed E-state index contributed by atoms with van der Waals surface area (Å²) in [6.45, 7) is 9.00. The number of benzene rings is 1. The second-order valence-electron chi connectivity index (χ2n) is 7.07. The molecule has 2 aliphatic heterocycles. The van der Waals surface area contributed by atoms with Crippen molar-refractivity contribution in [1.29, 1.82) is 0 Å². The summed E-state index contributed by atoms with van der Waals surface area (Å²) in [6, 6.07) is 10.3. The van der Waals surface area contributed by atoms with E-state index in [1.165, 1.54) is 5.56 Å². The van der Waals surface area contributed by atoms with Crippen molar-refractivity contribution in [1.82, 2.24) is 4.90 Å². The number of rotatable bonds is 5. The van der Waals surface area contributed by atoms with E-state index in [2.05, 4.69) is 17.0 Å². The van der Waals surface area contributed by atoms with Gasteiger partial charge in [0.15, 0.2) is 5.79 Å². The van der Waals surface area contributed by atoms with Crippen molar-refractivity contribution in [3.63, 3.8) is 0 Å². The summed E-state index contributed by atoms with van der Waals surface area (Å²) in [4.78, 5) is 14.7. The first-order valence-corrected chi connectivity index (χ1v) is 8.73. The van der Waals surface area contributed by atoms with Gasteiger partial charge in [-0.2, -0.15) is 0 Å². The molecule has 3 atom stereocenters.